The molecule has 6 nitrogen and oxygen atoms in total. The second-order valence-corrected chi connectivity index (χ2v) is 7.63. The Hall–Kier alpha value is -1.11. The van der Waals surface area contributed by atoms with Gasteiger partial charge >= 0.3 is 5.97 Å². The van der Waals surface area contributed by atoms with Crippen LogP contribution in [-0.2, 0) is 19.4 Å². The van der Waals surface area contributed by atoms with Crippen LogP contribution < -0.4 is 5.32 Å². The smallest absolute Gasteiger partial charge is 0.311 e. The summed E-state index contributed by atoms with van der Waals surface area (Å²) in [7, 11) is -3.44. The highest BCUT2D eigenvalue weighted by molar-refractivity contribution is 7.92. The van der Waals surface area contributed by atoms with Gasteiger partial charge in [0.05, 0.1) is 11.2 Å². The lowest BCUT2D eigenvalue weighted by molar-refractivity contribution is -0.149. The number of nitrogens with one attached hydrogen (secondary N) is 1. The van der Waals surface area contributed by atoms with E-state index in [9.17, 15) is 23.1 Å². The highest BCUT2D eigenvalue weighted by Crippen LogP contribution is 2.25. The highest BCUT2D eigenvalue weighted by Gasteiger charge is 2.35. The first kappa shape index (κ1) is 18.9. The quantitative estimate of drug-likeness (QED) is 0.663. The van der Waals surface area contributed by atoms with Crippen molar-refractivity contribution in [2.75, 3.05) is 18.1 Å². The third kappa shape index (κ3) is 5.90. The van der Waals surface area contributed by atoms with E-state index in [1.165, 1.54) is 0 Å². The number of hydrogen-bond acceptors (Lipinski definition) is 4. The monoisotopic (exact) mass is 307 g/mol. The van der Waals surface area contributed by atoms with E-state index in [4.69, 9.17) is 0 Å². The summed E-state index contributed by atoms with van der Waals surface area (Å²) in [6, 6.07) is 0. The lowest BCUT2D eigenvalue weighted by atomic mass is 9.82. The maximum atomic E-state index is 11.7. The van der Waals surface area contributed by atoms with Gasteiger partial charge in [-0.05, 0) is 18.8 Å². The first-order chi connectivity index (χ1) is 9.08. The molecule has 2 N–H and O–H groups in total. The molecule has 0 radical (unpaired) electrons. The summed E-state index contributed by atoms with van der Waals surface area (Å²) in [5.41, 5.74) is -1.03. The average Bonchev–Trinajstić information content (AvgIpc) is 2.27. The molecule has 0 aliphatic rings. The SMILES string of the molecule is CCC(CC)(CNC(=O)CS(=O)(=O)CC(C)C)C(=O)O. The summed E-state index contributed by atoms with van der Waals surface area (Å²) in [6.07, 6.45) is 0.746. The van der Waals surface area contributed by atoms with Gasteiger partial charge in [0.2, 0.25) is 5.91 Å². The molecule has 0 bridgehead atoms. The van der Waals surface area contributed by atoms with Gasteiger partial charge in [-0.2, -0.15) is 0 Å². The average molecular weight is 307 g/mol. The fourth-order valence-corrected chi connectivity index (χ4v) is 3.60. The van der Waals surface area contributed by atoms with E-state index in [2.05, 4.69) is 5.32 Å². The molecule has 0 aromatic heterocycles. The summed E-state index contributed by atoms with van der Waals surface area (Å²) < 4.78 is 23.3. The molecule has 0 spiro atoms. The van der Waals surface area contributed by atoms with Crippen molar-refractivity contribution in [3.05, 3.63) is 0 Å². The maximum Gasteiger partial charge on any atom is 0.311 e. The van der Waals surface area contributed by atoms with Crippen LogP contribution >= 0.6 is 0 Å². The molecule has 0 aromatic rings. The van der Waals surface area contributed by atoms with Crippen LogP contribution in [0.15, 0.2) is 0 Å². The van der Waals surface area contributed by atoms with Crippen molar-refractivity contribution in [3.8, 4) is 0 Å². The Balaban J connectivity index is 4.60. The molecular formula is C13H25NO5S. The number of carboxylic acid groups (broad SMARTS) is 1. The number of sulfone groups is 1. The number of carbonyl (C=O) groups excluding carboxylic acids is 1. The molecule has 0 aliphatic carbocycles. The Morgan fingerprint density at radius 3 is 2.05 bits per heavy atom. The zero-order valence-electron chi connectivity index (χ0n) is 12.6. The summed E-state index contributed by atoms with van der Waals surface area (Å²) in [5, 5.41) is 11.7. The van der Waals surface area contributed by atoms with E-state index in [1.807, 2.05) is 0 Å². The first-order valence-electron chi connectivity index (χ1n) is 6.79. The van der Waals surface area contributed by atoms with Crippen molar-refractivity contribution < 1.29 is 23.1 Å². The predicted octanol–water partition coefficient (Wildman–Crippen LogP) is 1.06. The molecule has 0 aliphatic heterocycles. The molecule has 0 unspecified atom stereocenters. The molecule has 7 heteroatoms. The predicted molar refractivity (Wildman–Crippen MR) is 77.2 cm³/mol. The van der Waals surface area contributed by atoms with Crippen molar-refractivity contribution in [3.63, 3.8) is 0 Å². The third-order valence-electron chi connectivity index (χ3n) is 3.37. The number of aliphatic carboxylic acids is 1. The van der Waals surface area contributed by atoms with Gasteiger partial charge in [0.25, 0.3) is 0 Å². The van der Waals surface area contributed by atoms with E-state index in [1.54, 1.807) is 27.7 Å². The van der Waals surface area contributed by atoms with Gasteiger partial charge in [0.1, 0.15) is 5.75 Å². The van der Waals surface area contributed by atoms with E-state index in [0.717, 1.165) is 0 Å². The normalized spacial score (nSPS) is 12.4. The van der Waals surface area contributed by atoms with Crippen LogP contribution in [0.4, 0.5) is 0 Å². The zero-order valence-corrected chi connectivity index (χ0v) is 13.4. The molecule has 0 saturated heterocycles. The Kier molecular flexibility index (Phi) is 7.19. The zero-order chi connectivity index (χ0) is 16.0. The highest BCUT2D eigenvalue weighted by atomic mass is 32.2. The molecule has 0 heterocycles. The minimum Gasteiger partial charge on any atom is -0.481 e. The van der Waals surface area contributed by atoms with Crippen LogP contribution in [0.25, 0.3) is 0 Å². The largest absolute Gasteiger partial charge is 0.481 e. The molecule has 1 amide bonds. The summed E-state index contributed by atoms with van der Waals surface area (Å²) in [5.74, 6) is -2.30. The molecule has 0 atom stereocenters. The number of hydrogen-bond donors (Lipinski definition) is 2. The standard InChI is InChI=1S/C13H25NO5S/c1-5-13(6-2,12(16)17)9-14-11(15)8-20(18,19)7-10(3)4/h10H,5-9H2,1-4H3,(H,14,15)(H,16,17). The summed E-state index contributed by atoms with van der Waals surface area (Å²) in [4.78, 5) is 22.9. The van der Waals surface area contributed by atoms with Gasteiger partial charge < -0.3 is 10.4 Å². The first-order valence-corrected chi connectivity index (χ1v) is 8.61. The molecule has 118 valence electrons. The molecule has 20 heavy (non-hydrogen) atoms. The van der Waals surface area contributed by atoms with Crippen molar-refractivity contribution in [1.82, 2.24) is 5.32 Å². The van der Waals surface area contributed by atoms with Gasteiger partial charge in [0, 0.05) is 6.54 Å². The molecule has 0 saturated carbocycles. The topological polar surface area (TPSA) is 101 Å². The van der Waals surface area contributed by atoms with Gasteiger partial charge in [-0.3, -0.25) is 9.59 Å². The Morgan fingerprint density at radius 2 is 1.70 bits per heavy atom. The fraction of sp³-hybridized carbons (Fsp3) is 0.846. The van der Waals surface area contributed by atoms with Gasteiger partial charge in [-0.15, -0.1) is 0 Å². The van der Waals surface area contributed by atoms with Crippen LogP contribution in [0.1, 0.15) is 40.5 Å². The molecule has 0 fully saturated rings. The Morgan fingerprint density at radius 1 is 1.20 bits per heavy atom. The number of carboxylic acids is 1. The lowest BCUT2D eigenvalue weighted by Crippen LogP contribution is -2.44. The minimum absolute atomic E-state index is 0.0443. The van der Waals surface area contributed by atoms with Gasteiger partial charge in [0.15, 0.2) is 9.84 Å². The van der Waals surface area contributed by atoms with Crippen molar-refractivity contribution >= 4 is 21.7 Å². The van der Waals surface area contributed by atoms with Crippen molar-refractivity contribution in [2.24, 2.45) is 11.3 Å². The second kappa shape index (κ2) is 7.61. The fourth-order valence-electron chi connectivity index (χ4n) is 1.96. The molecular weight excluding hydrogens is 282 g/mol. The van der Waals surface area contributed by atoms with Gasteiger partial charge in [-0.25, -0.2) is 8.42 Å². The number of rotatable bonds is 9. The van der Waals surface area contributed by atoms with Crippen LogP contribution in [0.5, 0.6) is 0 Å². The maximum absolute atomic E-state index is 11.7. The van der Waals surface area contributed by atoms with Crippen LogP contribution in [0.2, 0.25) is 0 Å². The molecule has 0 rings (SSSR count). The second-order valence-electron chi connectivity index (χ2n) is 5.52. The Labute approximate surface area is 120 Å². The van der Waals surface area contributed by atoms with Crippen LogP contribution in [0, 0.1) is 11.3 Å². The van der Waals surface area contributed by atoms with Crippen molar-refractivity contribution in [2.45, 2.75) is 40.5 Å². The minimum atomic E-state index is -3.44. The number of amides is 1. The lowest BCUT2D eigenvalue weighted by Gasteiger charge is -2.26. The Bertz CT molecular complexity index is 438. The van der Waals surface area contributed by atoms with Crippen LogP contribution in [0.3, 0.4) is 0 Å². The number of carbonyl (C=O) groups is 2. The third-order valence-corrected chi connectivity index (χ3v) is 5.25. The van der Waals surface area contributed by atoms with Crippen molar-refractivity contribution in [1.29, 1.82) is 0 Å². The molecule has 0 aromatic carbocycles. The van der Waals surface area contributed by atoms with Crippen LogP contribution in [-0.4, -0.2) is 43.5 Å². The van der Waals surface area contributed by atoms with E-state index in [0.29, 0.717) is 12.8 Å². The van der Waals surface area contributed by atoms with Gasteiger partial charge in [-0.1, -0.05) is 27.7 Å². The summed E-state index contributed by atoms with van der Waals surface area (Å²) >= 11 is 0. The van der Waals surface area contributed by atoms with E-state index >= 15 is 0 Å². The van der Waals surface area contributed by atoms with E-state index < -0.39 is 32.9 Å². The summed E-state index contributed by atoms with van der Waals surface area (Å²) in [6.45, 7) is 6.95. The van der Waals surface area contributed by atoms with E-state index in [-0.39, 0.29) is 18.2 Å².